The topological polar surface area (TPSA) is 69.3 Å². The molecule has 0 unspecified atom stereocenters. The largest absolute Gasteiger partial charge is 0.343 e. The standard InChI is InChI=1S/C24H31FN4O2/c1-17-16-26-27-22(17)21-5-3-4-12-29(21)23(31)24(10-13-28(14-11-24)18(2)30)15-19-6-8-20(25)9-7-19/h6-9,16,21H,3-5,10-15H2,1-2H3,(H,26,27)/t21-/m1/s1. The molecule has 2 aliphatic rings. The number of rotatable bonds is 4. The second-order valence-electron chi connectivity index (χ2n) is 9.07. The maximum absolute atomic E-state index is 14.2. The van der Waals surface area contributed by atoms with E-state index >= 15 is 0 Å². The quantitative estimate of drug-likeness (QED) is 0.809. The normalized spacial score (nSPS) is 21.2. The van der Waals surface area contributed by atoms with Crippen molar-refractivity contribution in [3.05, 3.63) is 53.1 Å². The molecule has 2 fully saturated rings. The number of hydrogen-bond acceptors (Lipinski definition) is 3. The van der Waals surface area contributed by atoms with E-state index in [1.807, 2.05) is 22.9 Å². The Balaban J connectivity index is 1.65. The molecule has 7 heteroatoms. The highest BCUT2D eigenvalue weighted by Gasteiger charge is 2.46. The minimum Gasteiger partial charge on any atom is -0.343 e. The first-order valence-electron chi connectivity index (χ1n) is 11.2. The van der Waals surface area contributed by atoms with Crippen LogP contribution in [0.5, 0.6) is 0 Å². The van der Waals surface area contributed by atoms with Crippen LogP contribution in [0.15, 0.2) is 30.5 Å². The smallest absolute Gasteiger partial charge is 0.229 e. The van der Waals surface area contributed by atoms with Gasteiger partial charge >= 0.3 is 0 Å². The van der Waals surface area contributed by atoms with E-state index < -0.39 is 5.41 Å². The lowest BCUT2D eigenvalue weighted by atomic mass is 9.72. The SMILES string of the molecule is CC(=O)N1CCC(Cc2ccc(F)cc2)(C(=O)N2CCCC[C@@H]2c2[nH]ncc2C)CC1. The number of benzene rings is 1. The maximum atomic E-state index is 14.2. The minimum atomic E-state index is -0.590. The highest BCUT2D eigenvalue weighted by Crippen LogP contribution is 2.41. The number of amides is 2. The van der Waals surface area contributed by atoms with Gasteiger partial charge in [0.25, 0.3) is 0 Å². The number of carbonyl (C=O) groups is 2. The molecule has 1 atom stereocenters. The van der Waals surface area contributed by atoms with Gasteiger partial charge in [-0.15, -0.1) is 0 Å². The van der Waals surface area contributed by atoms with Crippen LogP contribution in [-0.4, -0.2) is 51.4 Å². The molecule has 2 aromatic rings. The van der Waals surface area contributed by atoms with Gasteiger partial charge in [-0.05, 0) is 68.7 Å². The molecule has 0 radical (unpaired) electrons. The summed E-state index contributed by atoms with van der Waals surface area (Å²) in [5.41, 5.74) is 2.46. The zero-order valence-electron chi connectivity index (χ0n) is 18.4. The fraction of sp³-hybridized carbons (Fsp3) is 0.542. The number of nitrogens with one attached hydrogen (secondary N) is 1. The van der Waals surface area contributed by atoms with Crippen LogP contribution in [0.3, 0.4) is 0 Å². The van der Waals surface area contributed by atoms with Crippen LogP contribution in [0.4, 0.5) is 4.39 Å². The van der Waals surface area contributed by atoms with Gasteiger partial charge in [-0.1, -0.05) is 12.1 Å². The van der Waals surface area contributed by atoms with Crippen LogP contribution in [-0.2, 0) is 16.0 Å². The van der Waals surface area contributed by atoms with E-state index in [0.29, 0.717) is 32.4 Å². The van der Waals surface area contributed by atoms with Crippen LogP contribution >= 0.6 is 0 Å². The molecule has 2 aliphatic heterocycles. The Hall–Kier alpha value is -2.70. The molecule has 6 nitrogen and oxygen atoms in total. The van der Waals surface area contributed by atoms with Gasteiger partial charge in [-0.25, -0.2) is 4.39 Å². The molecule has 0 bridgehead atoms. The van der Waals surface area contributed by atoms with Crippen molar-refractivity contribution in [1.82, 2.24) is 20.0 Å². The van der Waals surface area contributed by atoms with Gasteiger partial charge in [0.1, 0.15) is 5.82 Å². The second kappa shape index (κ2) is 8.81. The van der Waals surface area contributed by atoms with Crippen molar-refractivity contribution in [1.29, 1.82) is 0 Å². The van der Waals surface area contributed by atoms with E-state index in [9.17, 15) is 14.0 Å². The number of likely N-dealkylation sites (tertiary alicyclic amines) is 2. The zero-order chi connectivity index (χ0) is 22.0. The molecular formula is C24H31FN4O2. The number of aromatic amines is 1. The lowest BCUT2D eigenvalue weighted by Gasteiger charge is -2.46. The van der Waals surface area contributed by atoms with Gasteiger partial charge in [-0.2, -0.15) is 5.10 Å². The summed E-state index contributed by atoms with van der Waals surface area (Å²) in [5, 5.41) is 7.30. The molecule has 2 amide bonds. The first-order valence-corrected chi connectivity index (χ1v) is 11.2. The first-order chi connectivity index (χ1) is 14.9. The second-order valence-corrected chi connectivity index (χ2v) is 9.07. The molecule has 166 valence electrons. The summed E-state index contributed by atoms with van der Waals surface area (Å²) in [4.78, 5) is 29.9. The molecule has 0 saturated carbocycles. The average molecular weight is 427 g/mol. The van der Waals surface area contributed by atoms with Gasteiger partial charge in [0.2, 0.25) is 11.8 Å². The monoisotopic (exact) mass is 426 g/mol. The van der Waals surface area contributed by atoms with Crippen LogP contribution in [0.25, 0.3) is 0 Å². The first kappa shape index (κ1) is 21.5. The number of hydrogen-bond donors (Lipinski definition) is 1. The van der Waals surface area contributed by atoms with Crippen molar-refractivity contribution in [2.75, 3.05) is 19.6 Å². The molecule has 1 N–H and O–H groups in total. The Morgan fingerprint density at radius 3 is 2.48 bits per heavy atom. The number of piperidine rings is 2. The molecule has 2 saturated heterocycles. The molecule has 1 aromatic carbocycles. The van der Waals surface area contributed by atoms with Gasteiger partial charge in [0.15, 0.2) is 0 Å². The third-order valence-electron chi connectivity index (χ3n) is 7.04. The highest BCUT2D eigenvalue weighted by atomic mass is 19.1. The molecule has 3 heterocycles. The molecular weight excluding hydrogens is 395 g/mol. The third-order valence-corrected chi connectivity index (χ3v) is 7.04. The number of carbonyl (C=O) groups excluding carboxylic acids is 2. The van der Waals surface area contributed by atoms with E-state index in [-0.39, 0.29) is 23.7 Å². The van der Waals surface area contributed by atoms with Crippen molar-refractivity contribution in [2.24, 2.45) is 5.41 Å². The predicted octanol–water partition coefficient (Wildman–Crippen LogP) is 3.78. The van der Waals surface area contributed by atoms with Crippen molar-refractivity contribution in [3.8, 4) is 0 Å². The van der Waals surface area contributed by atoms with Crippen molar-refractivity contribution in [3.63, 3.8) is 0 Å². The minimum absolute atomic E-state index is 0.000297. The molecule has 31 heavy (non-hydrogen) atoms. The summed E-state index contributed by atoms with van der Waals surface area (Å²) in [6, 6.07) is 6.45. The fourth-order valence-electron chi connectivity index (χ4n) is 5.18. The third kappa shape index (κ3) is 4.36. The van der Waals surface area contributed by atoms with Crippen LogP contribution in [0, 0.1) is 18.2 Å². The van der Waals surface area contributed by atoms with Crippen molar-refractivity contribution in [2.45, 2.75) is 58.4 Å². The lowest BCUT2D eigenvalue weighted by molar-refractivity contribution is -0.151. The summed E-state index contributed by atoms with van der Waals surface area (Å²) in [6.07, 6.45) is 6.59. The Kier molecular flexibility index (Phi) is 6.12. The van der Waals surface area contributed by atoms with Gasteiger partial charge in [0.05, 0.1) is 23.3 Å². The van der Waals surface area contributed by atoms with E-state index in [1.165, 1.54) is 12.1 Å². The van der Waals surface area contributed by atoms with Crippen molar-refractivity contribution >= 4 is 11.8 Å². The maximum Gasteiger partial charge on any atom is 0.229 e. The summed E-state index contributed by atoms with van der Waals surface area (Å²) >= 11 is 0. The predicted molar refractivity (Wildman–Crippen MR) is 116 cm³/mol. The Morgan fingerprint density at radius 1 is 1.16 bits per heavy atom. The molecule has 4 rings (SSSR count). The van der Waals surface area contributed by atoms with Crippen LogP contribution in [0.1, 0.15) is 61.9 Å². The van der Waals surface area contributed by atoms with Crippen LogP contribution < -0.4 is 0 Å². The van der Waals surface area contributed by atoms with Gasteiger partial charge in [-0.3, -0.25) is 14.7 Å². The highest BCUT2D eigenvalue weighted by molar-refractivity contribution is 5.84. The summed E-state index contributed by atoms with van der Waals surface area (Å²) < 4.78 is 13.5. The Bertz CT molecular complexity index is 931. The number of aromatic nitrogens is 2. The van der Waals surface area contributed by atoms with Gasteiger partial charge < -0.3 is 9.80 Å². The lowest BCUT2D eigenvalue weighted by Crippen LogP contribution is -2.53. The summed E-state index contributed by atoms with van der Waals surface area (Å²) in [7, 11) is 0. The van der Waals surface area contributed by atoms with E-state index in [0.717, 1.165) is 42.6 Å². The molecule has 0 spiro atoms. The van der Waals surface area contributed by atoms with Gasteiger partial charge in [0, 0.05) is 26.6 Å². The number of aryl methyl sites for hydroxylation is 1. The number of nitrogens with zero attached hydrogens (tertiary/aromatic N) is 3. The van der Waals surface area contributed by atoms with Crippen molar-refractivity contribution < 1.29 is 14.0 Å². The summed E-state index contributed by atoms with van der Waals surface area (Å²) in [5.74, 6) is -0.0770. The average Bonchev–Trinajstić information content (AvgIpc) is 3.21. The zero-order valence-corrected chi connectivity index (χ0v) is 18.4. The summed E-state index contributed by atoms with van der Waals surface area (Å²) in [6.45, 7) is 5.48. The molecule has 0 aliphatic carbocycles. The molecule has 1 aromatic heterocycles. The Labute approximate surface area is 182 Å². The number of halogens is 1. The Morgan fingerprint density at radius 2 is 1.87 bits per heavy atom. The van der Waals surface area contributed by atoms with E-state index in [1.54, 1.807) is 19.1 Å². The van der Waals surface area contributed by atoms with Crippen LogP contribution in [0.2, 0.25) is 0 Å². The van der Waals surface area contributed by atoms with E-state index in [4.69, 9.17) is 0 Å². The van der Waals surface area contributed by atoms with E-state index in [2.05, 4.69) is 10.2 Å². The number of H-pyrrole nitrogens is 1. The fourth-order valence-corrected chi connectivity index (χ4v) is 5.18.